The molecule has 0 bridgehead atoms. The largest absolute Gasteiger partial charge is 0.507 e. The fourth-order valence-corrected chi connectivity index (χ4v) is 3.37. The molecule has 0 fully saturated rings. The van der Waals surface area contributed by atoms with Gasteiger partial charge in [0.05, 0.1) is 0 Å². The number of phenolic OH excluding ortho intramolecular Hbond substituents is 1. The van der Waals surface area contributed by atoms with Crippen molar-refractivity contribution >= 4 is 17.4 Å². The Hall–Kier alpha value is -3.47. The number of hydrogen-bond acceptors (Lipinski definition) is 4. The zero-order chi connectivity index (χ0) is 21.7. The highest BCUT2D eigenvalue weighted by molar-refractivity contribution is 5.97. The van der Waals surface area contributed by atoms with Crippen LogP contribution < -0.4 is 4.90 Å². The summed E-state index contributed by atoms with van der Waals surface area (Å²) in [4.78, 5) is 30.3. The molecule has 1 N–H and O–H groups in total. The van der Waals surface area contributed by atoms with E-state index in [1.165, 1.54) is 6.07 Å². The standard InChI is InChI=1S/C25H26N2O3/c1-4-25(30)27(3)21-11-7-19(8-12-21)22-13-9-20(16-24(22)29)23(28)14-10-18-6-5-15-26-17(18)2/h5-9,11-13,15-16,29H,4,10,14H2,1-3H3. The summed E-state index contributed by atoms with van der Waals surface area (Å²) < 4.78 is 0. The van der Waals surface area contributed by atoms with Gasteiger partial charge in [0.25, 0.3) is 0 Å². The van der Waals surface area contributed by atoms with Crippen molar-refractivity contribution in [1.29, 1.82) is 0 Å². The minimum atomic E-state index is -0.0184. The molecule has 0 unspecified atom stereocenters. The second-order valence-electron chi connectivity index (χ2n) is 7.26. The predicted molar refractivity (Wildman–Crippen MR) is 119 cm³/mol. The first kappa shape index (κ1) is 21.2. The van der Waals surface area contributed by atoms with Gasteiger partial charge >= 0.3 is 0 Å². The van der Waals surface area contributed by atoms with E-state index in [-0.39, 0.29) is 17.4 Å². The van der Waals surface area contributed by atoms with Gasteiger partial charge in [0.15, 0.2) is 5.78 Å². The molecule has 0 atom stereocenters. The Labute approximate surface area is 177 Å². The molecular weight excluding hydrogens is 376 g/mol. The lowest BCUT2D eigenvalue weighted by Crippen LogP contribution is -2.24. The van der Waals surface area contributed by atoms with Crippen LogP contribution in [0.4, 0.5) is 5.69 Å². The fourth-order valence-electron chi connectivity index (χ4n) is 3.37. The monoisotopic (exact) mass is 402 g/mol. The molecule has 1 aromatic heterocycles. The molecule has 0 aliphatic heterocycles. The number of hydrogen-bond donors (Lipinski definition) is 1. The van der Waals surface area contributed by atoms with Crippen LogP contribution in [0.1, 0.15) is 41.4 Å². The van der Waals surface area contributed by atoms with Crippen LogP contribution in [0.25, 0.3) is 11.1 Å². The number of pyridine rings is 1. The van der Waals surface area contributed by atoms with E-state index in [1.54, 1.807) is 30.3 Å². The van der Waals surface area contributed by atoms with Crippen molar-refractivity contribution in [3.05, 3.63) is 77.6 Å². The average Bonchev–Trinajstić information content (AvgIpc) is 2.77. The van der Waals surface area contributed by atoms with Gasteiger partial charge in [-0.1, -0.05) is 31.2 Å². The highest BCUT2D eigenvalue weighted by Gasteiger charge is 2.13. The summed E-state index contributed by atoms with van der Waals surface area (Å²) in [5, 5.41) is 10.5. The summed E-state index contributed by atoms with van der Waals surface area (Å²) in [6.45, 7) is 3.76. The fraction of sp³-hybridized carbons (Fsp3) is 0.240. The quantitative estimate of drug-likeness (QED) is 0.568. The van der Waals surface area contributed by atoms with E-state index >= 15 is 0 Å². The minimum absolute atomic E-state index is 0.0184. The molecule has 0 saturated carbocycles. The number of aromatic nitrogens is 1. The number of benzene rings is 2. The molecule has 0 aliphatic carbocycles. The Balaban J connectivity index is 1.72. The molecule has 2 aromatic carbocycles. The Morgan fingerprint density at radius 2 is 1.80 bits per heavy atom. The minimum Gasteiger partial charge on any atom is -0.507 e. The van der Waals surface area contributed by atoms with Crippen molar-refractivity contribution in [2.45, 2.75) is 33.1 Å². The van der Waals surface area contributed by atoms with Crippen molar-refractivity contribution in [1.82, 2.24) is 4.98 Å². The Kier molecular flexibility index (Phi) is 6.62. The van der Waals surface area contributed by atoms with Crippen LogP contribution in [0.5, 0.6) is 5.75 Å². The van der Waals surface area contributed by atoms with Crippen LogP contribution in [0.15, 0.2) is 60.8 Å². The van der Waals surface area contributed by atoms with Crippen molar-refractivity contribution in [2.75, 3.05) is 11.9 Å². The summed E-state index contributed by atoms with van der Waals surface area (Å²) in [7, 11) is 1.74. The lowest BCUT2D eigenvalue weighted by atomic mass is 9.98. The third-order valence-electron chi connectivity index (χ3n) is 5.30. The van der Waals surface area contributed by atoms with E-state index in [2.05, 4.69) is 4.98 Å². The number of nitrogens with zero attached hydrogens (tertiary/aromatic N) is 2. The maximum Gasteiger partial charge on any atom is 0.226 e. The van der Waals surface area contributed by atoms with Crippen LogP contribution in [-0.4, -0.2) is 28.8 Å². The second kappa shape index (κ2) is 9.35. The van der Waals surface area contributed by atoms with Gasteiger partial charge in [-0.3, -0.25) is 14.6 Å². The van der Waals surface area contributed by atoms with Gasteiger partial charge in [-0.25, -0.2) is 0 Å². The molecule has 0 spiro atoms. The Bertz CT molecular complexity index is 1060. The first-order valence-electron chi connectivity index (χ1n) is 10.0. The number of aryl methyl sites for hydroxylation is 2. The summed E-state index contributed by atoms with van der Waals surface area (Å²) >= 11 is 0. The molecule has 0 saturated heterocycles. The van der Waals surface area contributed by atoms with E-state index < -0.39 is 0 Å². The number of amides is 1. The molecule has 3 rings (SSSR count). The lowest BCUT2D eigenvalue weighted by molar-refractivity contribution is -0.118. The number of Topliss-reactive ketones (excluding diaryl/α,β-unsaturated/α-hetero) is 1. The van der Waals surface area contributed by atoms with E-state index in [9.17, 15) is 14.7 Å². The van der Waals surface area contributed by atoms with E-state index in [1.807, 2.05) is 50.2 Å². The molecule has 30 heavy (non-hydrogen) atoms. The third-order valence-corrected chi connectivity index (χ3v) is 5.30. The van der Waals surface area contributed by atoms with Crippen LogP contribution in [0.3, 0.4) is 0 Å². The summed E-state index contributed by atoms with van der Waals surface area (Å²) in [6, 6.07) is 16.3. The summed E-state index contributed by atoms with van der Waals surface area (Å²) in [5.41, 5.74) is 4.73. The molecular formula is C25H26N2O3. The molecule has 1 amide bonds. The smallest absolute Gasteiger partial charge is 0.226 e. The van der Waals surface area contributed by atoms with Gasteiger partial charge in [0, 0.05) is 48.6 Å². The van der Waals surface area contributed by atoms with Gasteiger partial charge < -0.3 is 10.0 Å². The number of ketones is 1. The van der Waals surface area contributed by atoms with Gasteiger partial charge in [-0.05, 0) is 54.8 Å². The molecule has 0 aliphatic rings. The maximum atomic E-state index is 12.6. The number of carbonyl (C=O) groups is 2. The topological polar surface area (TPSA) is 70.5 Å². The van der Waals surface area contributed by atoms with E-state index in [0.717, 1.165) is 22.5 Å². The van der Waals surface area contributed by atoms with Crippen molar-refractivity contribution in [3.8, 4) is 16.9 Å². The normalized spacial score (nSPS) is 10.6. The number of anilines is 1. The highest BCUT2D eigenvalue weighted by atomic mass is 16.3. The molecule has 154 valence electrons. The van der Waals surface area contributed by atoms with Gasteiger partial charge in [-0.2, -0.15) is 0 Å². The molecule has 5 heteroatoms. The van der Waals surface area contributed by atoms with Crippen molar-refractivity contribution in [3.63, 3.8) is 0 Å². The zero-order valence-electron chi connectivity index (χ0n) is 17.6. The molecule has 1 heterocycles. The number of phenols is 1. The summed E-state index contributed by atoms with van der Waals surface area (Å²) in [6.07, 6.45) is 3.16. The number of aromatic hydroxyl groups is 1. The number of carbonyl (C=O) groups excluding carboxylic acids is 2. The maximum absolute atomic E-state index is 12.6. The molecule has 3 aromatic rings. The van der Waals surface area contributed by atoms with Crippen molar-refractivity contribution < 1.29 is 14.7 Å². The molecule has 0 radical (unpaired) electrons. The van der Waals surface area contributed by atoms with Crippen LogP contribution in [-0.2, 0) is 11.2 Å². The Morgan fingerprint density at radius 3 is 2.43 bits per heavy atom. The second-order valence-corrected chi connectivity index (χ2v) is 7.26. The summed E-state index contributed by atoms with van der Waals surface area (Å²) in [5.74, 6) is 0.0780. The predicted octanol–water partition coefficient (Wildman–Crippen LogP) is 4.95. The van der Waals surface area contributed by atoms with Gasteiger partial charge in [0.1, 0.15) is 5.75 Å². The van der Waals surface area contributed by atoms with Crippen LogP contribution in [0, 0.1) is 6.92 Å². The first-order valence-corrected chi connectivity index (χ1v) is 10.0. The Morgan fingerprint density at radius 1 is 1.07 bits per heavy atom. The molecule has 5 nitrogen and oxygen atoms in total. The number of rotatable bonds is 7. The lowest BCUT2D eigenvalue weighted by Gasteiger charge is -2.17. The zero-order valence-corrected chi connectivity index (χ0v) is 17.6. The van der Waals surface area contributed by atoms with E-state index in [4.69, 9.17) is 0 Å². The highest BCUT2D eigenvalue weighted by Crippen LogP contribution is 2.31. The van der Waals surface area contributed by atoms with E-state index in [0.29, 0.717) is 30.4 Å². The van der Waals surface area contributed by atoms with Gasteiger partial charge in [-0.15, -0.1) is 0 Å². The van der Waals surface area contributed by atoms with Crippen molar-refractivity contribution in [2.24, 2.45) is 0 Å². The average molecular weight is 402 g/mol. The van der Waals surface area contributed by atoms with Crippen LogP contribution in [0.2, 0.25) is 0 Å². The first-order chi connectivity index (χ1) is 14.4. The third kappa shape index (κ3) is 4.74. The van der Waals surface area contributed by atoms with Crippen LogP contribution >= 0.6 is 0 Å². The SMILES string of the molecule is CCC(=O)N(C)c1ccc(-c2ccc(C(=O)CCc3cccnc3C)cc2O)cc1. The van der Waals surface area contributed by atoms with Gasteiger partial charge in [0.2, 0.25) is 5.91 Å².